The summed E-state index contributed by atoms with van der Waals surface area (Å²) in [5.41, 5.74) is 1.21. The highest BCUT2D eigenvalue weighted by atomic mass is 32.1. The van der Waals surface area contributed by atoms with Crippen molar-refractivity contribution in [3.8, 4) is 0 Å². The fraction of sp³-hybridized carbons (Fsp3) is 0.533. The van der Waals surface area contributed by atoms with Gasteiger partial charge in [-0.05, 0) is 55.1 Å². The number of aromatic nitrogens is 3. The van der Waals surface area contributed by atoms with E-state index in [-0.39, 0.29) is 18.5 Å². The minimum atomic E-state index is -0.0538. The number of amides is 1. The Labute approximate surface area is 145 Å². The Bertz CT molecular complexity index is 674. The van der Waals surface area contributed by atoms with E-state index in [1.54, 1.807) is 15.9 Å². The van der Waals surface area contributed by atoms with Crippen molar-refractivity contribution in [3.05, 3.63) is 33.0 Å². The Balaban J connectivity index is 1.97. The fourth-order valence-corrected chi connectivity index (χ4v) is 3.32. The van der Waals surface area contributed by atoms with Crippen molar-refractivity contribution in [1.82, 2.24) is 25.0 Å². The molecule has 0 aliphatic carbocycles. The van der Waals surface area contributed by atoms with Gasteiger partial charge in [0, 0.05) is 13.0 Å². The third kappa shape index (κ3) is 4.73. The van der Waals surface area contributed by atoms with Crippen molar-refractivity contribution >= 4 is 29.5 Å². The van der Waals surface area contributed by atoms with Crippen molar-refractivity contribution in [2.45, 2.75) is 32.4 Å². The molecule has 0 saturated heterocycles. The van der Waals surface area contributed by atoms with Gasteiger partial charge in [0.15, 0.2) is 4.77 Å². The predicted molar refractivity (Wildman–Crippen MR) is 95.2 cm³/mol. The van der Waals surface area contributed by atoms with Gasteiger partial charge in [0.25, 0.3) is 0 Å². The summed E-state index contributed by atoms with van der Waals surface area (Å²) < 4.78 is 2.26. The molecule has 0 radical (unpaired) electrons. The standard InChI is InChI=1S/C15H23N5OS2/c1-4-5-13-17-18-15(22)20(13)9-14(21)16-8-12(19(2)3)11-6-7-23-10-11/h6-7,10,12H,4-5,8-9H2,1-3H3,(H,16,21)(H,18,22)/t12-/m0/s1. The van der Waals surface area contributed by atoms with E-state index in [0.717, 1.165) is 18.7 Å². The lowest BCUT2D eigenvalue weighted by Gasteiger charge is -2.24. The SMILES string of the molecule is CCCc1n[nH]c(=S)n1CC(=O)NC[C@@H](c1ccsc1)N(C)C. The van der Waals surface area contributed by atoms with Crippen LogP contribution in [-0.2, 0) is 17.8 Å². The van der Waals surface area contributed by atoms with Crippen LogP contribution in [0.15, 0.2) is 16.8 Å². The monoisotopic (exact) mass is 353 g/mol. The lowest BCUT2D eigenvalue weighted by molar-refractivity contribution is -0.121. The quantitative estimate of drug-likeness (QED) is 0.715. The van der Waals surface area contributed by atoms with Crippen molar-refractivity contribution in [2.24, 2.45) is 0 Å². The third-order valence-corrected chi connectivity index (χ3v) is 4.67. The minimum Gasteiger partial charge on any atom is -0.353 e. The molecule has 2 aromatic rings. The molecule has 23 heavy (non-hydrogen) atoms. The largest absolute Gasteiger partial charge is 0.353 e. The lowest BCUT2D eigenvalue weighted by Crippen LogP contribution is -2.36. The molecule has 0 unspecified atom stereocenters. The van der Waals surface area contributed by atoms with E-state index in [1.165, 1.54) is 5.56 Å². The molecule has 0 spiro atoms. The molecule has 0 aliphatic heterocycles. The van der Waals surface area contributed by atoms with Gasteiger partial charge in [-0.2, -0.15) is 16.4 Å². The second kappa shape index (κ2) is 8.37. The molecule has 1 atom stereocenters. The molecule has 0 aromatic carbocycles. The van der Waals surface area contributed by atoms with Gasteiger partial charge in [-0.15, -0.1) is 0 Å². The van der Waals surface area contributed by atoms with E-state index in [2.05, 4.69) is 44.2 Å². The van der Waals surface area contributed by atoms with Gasteiger partial charge >= 0.3 is 0 Å². The minimum absolute atomic E-state index is 0.0538. The van der Waals surface area contributed by atoms with Crippen LogP contribution < -0.4 is 5.32 Å². The molecule has 0 aliphatic rings. The number of hydrogen-bond acceptors (Lipinski definition) is 5. The maximum atomic E-state index is 12.3. The smallest absolute Gasteiger partial charge is 0.240 e. The number of nitrogens with zero attached hydrogens (tertiary/aromatic N) is 3. The van der Waals surface area contributed by atoms with Gasteiger partial charge in [-0.25, -0.2) is 0 Å². The summed E-state index contributed by atoms with van der Waals surface area (Å²) >= 11 is 6.87. The first-order valence-electron chi connectivity index (χ1n) is 7.62. The number of aryl methyl sites for hydroxylation is 1. The van der Waals surface area contributed by atoms with Gasteiger partial charge in [-0.3, -0.25) is 14.5 Å². The molecule has 2 aromatic heterocycles. The summed E-state index contributed by atoms with van der Waals surface area (Å²) in [4.78, 5) is 14.4. The molecule has 6 nitrogen and oxygen atoms in total. The summed E-state index contributed by atoms with van der Waals surface area (Å²) in [5, 5.41) is 14.1. The zero-order valence-corrected chi connectivity index (χ0v) is 15.3. The summed E-state index contributed by atoms with van der Waals surface area (Å²) in [6.45, 7) is 2.84. The van der Waals surface area contributed by atoms with Crippen LogP contribution in [-0.4, -0.2) is 46.2 Å². The van der Waals surface area contributed by atoms with E-state index >= 15 is 0 Å². The van der Waals surface area contributed by atoms with E-state index in [1.807, 2.05) is 14.1 Å². The van der Waals surface area contributed by atoms with Crippen molar-refractivity contribution in [3.63, 3.8) is 0 Å². The summed E-state index contributed by atoms with van der Waals surface area (Å²) in [5.74, 6) is 0.775. The van der Waals surface area contributed by atoms with E-state index in [0.29, 0.717) is 11.3 Å². The number of carbonyl (C=O) groups excluding carboxylic acids is 1. The predicted octanol–water partition coefficient (Wildman–Crippen LogP) is 2.37. The molecule has 126 valence electrons. The first kappa shape index (κ1) is 17.8. The first-order chi connectivity index (χ1) is 11.0. The van der Waals surface area contributed by atoms with Crippen molar-refractivity contribution in [2.75, 3.05) is 20.6 Å². The highest BCUT2D eigenvalue weighted by Gasteiger charge is 2.16. The molecular formula is C15H23N5OS2. The van der Waals surface area contributed by atoms with E-state index in [9.17, 15) is 4.79 Å². The summed E-state index contributed by atoms with van der Waals surface area (Å²) in [7, 11) is 4.03. The van der Waals surface area contributed by atoms with E-state index in [4.69, 9.17) is 12.2 Å². The Morgan fingerprint density at radius 1 is 1.57 bits per heavy atom. The Kier molecular flexibility index (Phi) is 6.49. The van der Waals surface area contributed by atoms with Crippen molar-refractivity contribution in [1.29, 1.82) is 0 Å². The molecule has 2 heterocycles. The van der Waals surface area contributed by atoms with Gasteiger partial charge in [0.1, 0.15) is 12.4 Å². The Morgan fingerprint density at radius 3 is 2.96 bits per heavy atom. The first-order valence-corrected chi connectivity index (χ1v) is 8.97. The van der Waals surface area contributed by atoms with Crippen LogP contribution in [0.3, 0.4) is 0 Å². The van der Waals surface area contributed by atoms with Crippen LogP contribution in [0.1, 0.15) is 30.8 Å². The number of rotatable bonds is 8. The second-order valence-electron chi connectivity index (χ2n) is 5.62. The number of H-pyrrole nitrogens is 1. The second-order valence-corrected chi connectivity index (χ2v) is 6.79. The van der Waals surface area contributed by atoms with Crippen LogP contribution >= 0.6 is 23.6 Å². The summed E-state index contributed by atoms with van der Waals surface area (Å²) in [6.07, 6.45) is 1.76. The summed E-state index contributed by atoms with van der Waals surface area (Å²) in [6, 6.07) is 2.25. The number of likely N-dealkylation sites (N-methyl/N-ethyl adjacent to an activating group) is 1. The fourth-order valence-electron chi connectivity index (χ4n) is 2.40. The van der Waals surface area contributed by atoms with Gasteiger partial charge in [-0.1, -0.05) is 6.92 Å². The van der Waals surface area contributed by atoms with Gasteiger partial charge in [0.2, 0.25) is 5.91 Å². The van der Waals surface area contributed by atoms with Gasteiger partial charge in [0.05, 0.1) is 6.04 Å². The molecule has 0 fully saturated rings. The molecular weight excluding hydrogens is 330 g/mol. The van der Waals surface area contributed by atoms with Gasteiger partial charge < -0.3 is 10.2 Å². The van der Waals surface area contributed by atoms with Crippen LogP contribution in [0.5, 0.6) is 0 Å². The van der Waals surface area contributed by atoms with Crippen LogP contribution in [0, 0.1) is 4.77 Å². The lowest BCUT2D eigenvalue weighted by atomic mass is 10.1. The van der Waals surface area contributed by atoms with Crippen LogP contribution in [0.2, 0.25) is 0 Å². The van der Waals surface area contributed by atoms with E-state index < -0.39 is 0 Å². The average molecular weight is 354 g/mol. The highest BCUT2D eigenvalue weighted by Crippen LogP contribution is 2.19. The molecule has 2 rings (SSSR count). The maximum absolute atomic E-state index is 12.3. The molecule has 2 N–H and O–H groups in total. The van der Waals surface area contributed by atoms with Crippen molar-refractivity contribution < 1.29 is 4.79 Å². The normalized spacial score (nSPS) is 12.5. The number of thiophene rings is 1. The number of hydrogen-bond donors (Lipinski definition) is 2. The number of nitrogens with one attached hydrogen (secondary N) is 2. The topological polar surface area (TPSA) is 66.0 Å². The molecule has 0 bridgehead atoms. The zero-order valence-electron chi connectivity index (χ0n) is 13.7. The molecule has 8 heteroatoms. The number of carbonyl (C=O) groups is 1. The van der Waals surface area contributed by atoms with Crippen LogP contribution in [0.25, 0.3) is 0 Å². The molecule has 1 amide bonds. The molecule has 0 saturated carbocycles. The average Bonchev–Trinajstić information content (AvgIpc) is 3.13. The number of aromatic amines is 1. The Morgan fingerprint density at radius 2 is 2.35 bits per heavy atom. The Hall–Kier alpha value is -1.51. The zero-order chi connectivity index (χ0) is 16.8. The third-order valence-electron chi connectivity index (χ3n) is 3.66. The highest BCUT2D eigenvalue weighted by molar-refractivity contribution is 7.71. The van der Waals surface area contributed by atoms with Crippen LogP contribution in [0.4, 0.5) is 0 Å². The maximum Gasteiger partial charge on any atom is 0.240 e.